The van der Waals surface area contributed by atoms with Crippen molar-refractivity contribution in [2.75, 3.05) is 25.4 Å². The summed E-state index contributed by atoms with van der Waals surface area (Å²) in [5, 5.41) is 0. The lowest BCUT2D eigenvalue weighted by Gasteiger charge is -2.32. The molecule has 1 aliphatic rings. The van der Waals surface area contributed by atoms with Gasteiger partial charge < -0.3 is 4.74 Å². The molecule has 1 unspecified atom stereocenters. The van der Waals surface area contributed by atoms with Gasteiger partial charge in [0.25, 0.3) is 0 Å². The summed E-state index contributed by atoms with van der Waals surface area (Å²) in [6.45, 7) is 1.37. The molecular weight excluding hydrogens is 334 g/mol. The fourth-order valence-corrected chi connectivity index (χ4v) is 4.69. The van der Waals surface area contributed by atoms with Crippen LogP contribution in [-0.4, -0.2) is 44.3 Å². The maximum atomic E-state index is 12.6. The third-order valence-corrected chi connectivity index (χ3v) is 6.43. The van der Waals surface area contributed by atoms with Crippen molar-refractivity contribution in [3.05, 3.63) is 71.8 Å². The Morgan fingerprint density at radius 2 is 1.60 bits per heavy atom. The molecule has 1 atom stereocenters. The van der Waals surface area contributed by atoms with Crippen molar-refractivity contribution in [2.45, 2.75) is 25.4 Å². The van der Waals surface area contributed by atoms with E-state index in [-0.39, 0.29) is 11.9 Å². The highest BCUT2D eigenvalue weighted by Crippen LogP contribution is 2.16. The zero-order valence-electron chi connectivity index (χ0n) is 14.4. The number of morpholine rings is 1. The van der Waals surface area contributed by atoms with Crippen LogP contribution in [0.3, 0.4) is 0 Å². The molecule has 0 radical (unpaired) electrons. The second-order valence-electron chi connectivity index (χ2n) is 6.45. The van der Waals surface area contributed by atoms with Gasteiger partial charge in [0.1, 0.15) is 0 Å². The van der Waals surface area contributed by atoms with E-state index in [2.05, 4.69) is 12.1 Å². The fourth-order valence-electron chi connectivity index (χ4n) is 3.18. The Labute approximate surface area is 150 Å². The minimum atomic E-state index is -3.23. The molecule has 0 bridgehead atoms. The molecule has 5 heteroatoms. The van der Waals surface area contributed by atoms with Crippen LogP contribution in [0.15, 0.2) is 60.7 Å². The van der Waals surface area contributed by atoms with Crippen molar-refractivity contribution in [1.82, 2.24) is 4.31 Å². The number of hydrogen-bond donors (Lipinski definition) is 0. The van der Waals surface area contributed by atoms with Crippen LogP contribution in [0.25, 0.3) is 0 Å². The summed E-state index contributed by atoms with van der Waals surface area (Å²) in [5.74, 6) is 0.194. The second kappa shape index (κ2) is 8.61. The predicted octanol–water partition coefficient (Wildman–Crippen LogP) is 2.89. The van der Waals surface area contributed by atoms with Gasteiger partial charge in [-0.25, -0.2) is 8.42 Å². The Bertz CT molecular complexity index is 747. The maximum Gasteiger partial charge on any atom is 0.214 e. The molecule has 0 spiro atoms. The summed E-state index contributed by atoms with van der Waals surface area (Å²) in [7, 11) is -3.23. The molecule has 0 saturated carbocycles. The van der Waals surface area contributed by atoms with Crippen LogP contribution < -0.4 is 0 Å². The SMILES string of the molecule is O=S(=O)(CCCc1ccccc1)N1CCOC(Cc2ccccc2)C1. The van der Waals surface area contributed by atoms with Crippen molar-refractivity contribution in [3.8, 4) is 0 Å². The average molecular weight is 359 g/mol. The molecule has 1 heterocycles. The second-order valence-corrected chi connectivity index (χ2v) is 8.53. The number of hydrogen-bond acceptors (Lipinski definition) is 3. The fraction of sp³-hybridized carbons (Fsp3) is 0.400. The molecule has 1 aliphatic heterocycles. The van der Waals surface area contributed by atoms with Crippen molar-refractivity contribution in [2.24, 2.45) is 0 Å². The van der Waals surface area contributed by atoms with E-state index in [0.717, 1.165) is 12.8 Å². The monoisotopic (exact) mass is 359 g/mol. The minimum Gasteiger partial charge on any atom is -0.375 e. The van der Waals surface area contributed by atoms with Gasteiger partial charge in [-0.3, -0.25) is 0 Å². The van der Waals surface area contributed by atoms with E-state index in [4.69, 9.17) is 4.74 Å². The summed E-state index contributed by atoms with van der Waals surface area (Å²) >= 11 is 0. The van der Waals surface area contributed by atoms with Gasteiger partial charge in [-0.15, -0.1) is 0 Å². The van der Waals surface area contributed by atoms with E-state index in [9.17, 15) is 8.42 Å². The molecule has 2 aromatic rings. The van der Waals surface area contributed by atoms with Crippen LogP contribution in [-0.2, 0) is 27.6 Å². The lowest BCUT2D eigenvalue weighted by Crippen LogP contribution is -2.47. The summed E-state index contributed by atoms with van der Waals surface area (Å²) in [4.78, 5) is 0. The largest absolute Gasteiger partial charge is 0.375 e. The average Bonchev–Trinajstić information content (AvgIpc) is 2.64. The van der Waals surface area contributed by atoms with E-state index in [1.165, 1.54) is 11.1 Å². The van der Waals surface area contributed by atoms with Gasteiger partial charge in [0.05, 0.1) is 18.5 Å². The van der Waals surface area contributed by atoms with Crippen molar-refractivity contribution in [1.29, 1.82) is 0 Å². The molecule has 3 rings (SSSR count). The standard InChI is InChI=1S/C20H25NO3S/c22-25(23,15-7-12-18-8-3-1-4-9-18)21-13-14-24-20(17-21)16-19-10-5-2-6-11-19/h1-6,8-11,20H,7,12-17H2. The van der Waals surface area contributed by atoms with Crippen molar-refractivity contribution < 1.29 is 13.2 Å². The molecule has 1 fully saturated rings. The van der Waals surface area contributed by atoms with Gasteiger partial charge in [-0.2, -0.15) is 4.31 Å². The third-order valence-electron chi connectivity index (χ3n) is 4.51. The van der Waals surface area contributed by atoms with E-state index < -0.39 is 10.0 Å². The molecule has 0 N–H and O–H groups in total. The quantitative estimate of drug-likeness (QED) is 0.764. The molecule has 2 aromatic carbocycles. The first-order valence-electron chi connectivity index (χ1n) is 8.81. The van der Waals surface area contributed by atoms with Gasteiger partial charge in [0.2, 0.25) is 10.0 Å². The number of rotatable bonds is 7. The van der Waals surface area contributed by atoms with Crippen molar-refractivity contribution >= 4 is 10.0 Å². The summed E-state index contributed by atoms with van der Waals surface area (Å²) in [6.07, 6.45) is 2.11. The molecule has 25 heavy (non-hydrogen) atoms. The highest BCUT2D eigenvalue weighted by atomic mass is 32.2. The van der Waals surface area contributed by atoms with Crippen LogP contribution >= 0.6 is 0 Å². The van der Waals surface area contributed by atoms with Crippen LogP contribution in [0.1, 0.15) is 17.5 Å². The van der Waals surface area contributed by atoms with Gasteiger partial charge in [0, 0.05) is 13.1 Å². The van der Waals surface area contributed by atoms with Gasteiger partial charge >= 0.3 is 0 Å². The van der Waals surface area contributed by atoms with Gasteiger partial charge in [-0.1, -0.05) is 60.7 Å². The highest BCUT2D eigenvalue weighted by Gasteiger charge is 2.29. The first kappa shape index (κ1) is 18.1. The topological polar surface area (TPSA) is 46.6 Å². The van der Waals surface area contributed by atoms with Gasteiger partial charge in [0.15, 0.2) is 0 Å². The Morgan fingerprint density at radius 3 is 2.28 bits per heavy atom. The van der Waals surface area contributed by atoms with Gasteiger partial charge in [-0.05, 0) is 30.4 Å². The number of sulfonamides is 1. The molecule has 4 nitrogen and oxygen atoms in total. The molecule has 0 amide bonds. The van der Waals surface area contributed by atoms with E-state index in [0.29, 0.717) is 26.1 Å². The third kappa shape index (κ3) is 5.39. The molecule has 0 aliphatic carbocycles. The molecule has 0 aromatic heterocycles. The summed E-state index contributed by atoms with van der Waals surface area (Å²) < 4.78 is 32.7. The zero-order chi connectivity index (χ0) is 17.5. The van der Waals surface area contributed by atoms with E-state index in [1.807, 2.05) is 48.5 Å². The lowest BCUT2D eigenvalue weighted by molar-refractivity contribution is -0.000487. The first-order valence-corrected chi connectivity index (χ1v) is 10.4. The maximum absolute atomic E-state index is 12.6. The van der Waals surface area contributed by atoms with Crippen LogP contribution in [0.5, 0.6) is 0 Å². The Kier molecular flexibility index (Phi) is 6.24. The number of ether oxygens (including phenoxy) is 1. The lowest BCUT2D eigenvalue weighted by atomic mass is 10.1. The smallest absolute Gasteiger partial charge is 0.214 e. The first-order chi connectivity index (χ1) is 12.1. The minimum absolute atomic E-state index is 0.0694. The number of nitrogens with zero attached hydrogens (tertiary/aromatic N) is 1. The predicted molar refractivity (Wildman–Crippen MR) is 100 cm³/mol. The zero-order valence-corrected chi connectivity index (χ0v) is 15.2. The molecule has 1 saturated heterocycles. The highest BCUT2D eigenvalue weighted by molar-refractivity contribution is 7.89. The van der Waals surface area contributed by atoms with Crippen LogP contribution in [0.4, 0.5) is 0 Å². The molecule has 134 valence electrons. The van der Waals surface area contributed by atoms with Crippen LogP contribution in [0.2, 0.25) is 0 Å². The van der Waals surface area contributed by atoms with E-state index >= 15 is 0 Å². The van der Waals surface area contributed by atoms with Crippen molar-refractivity contribution in [3.63, 3.8) is 0 Å². The Morgan fingerprint density at radius 1 is 0.960 bits per heavy atom. The Balaban J connectivity index is 1.52. The number of aryl methyl sites for hydroxylation is 1. The summed E-state index contributed by atoms with van der Waals surface area (Å²) in [5.41, 5.74) is 2.36. The molecular formula is C20H25NO3S. The number of benzene rings is 2. The Hall–Kier alpha value is -1.69. The van der Waals surface area contributed by atoms with Crippen LogP contribution in [0, 0.1) is 0 Å². The normalized spacial score (nSPS) is 19.0. The summed E-state index contributed by atoms with van der Waals surface area (Å²) in [6, 6.07) is 20.1. The van der Waals surface area contributed by atoms with E-state index in [1.54, 1.807) is 4.31 Å².